The minimum atomic E-state index is -0.987. The van der Waals surface area contributed by atoms with Crippen molar-refractivity contribution >= 4 is 28.4 Å². The quantitative estimate of drug-likeness (QED) is 0.273. The van der Waals surface area contributed by atoms with E-state index in [4.69, 9.17) is 4.74 Å². The predicted octanol–water partition coefficient (Wildman–Crippen LogP) is 4.97. The summed E-state index contributed by atoms with van der Waals surface area (Å²) in [5.74, 6) is -1.28. The Kier molecular flexibility index (Phi) is 8.19. The van der Waals surface area contributed by atoms with Gasteiger partial charge in [-0.05, 0) is 78.1 Å². The average molecular weight is 539 g/mol. The summed E-state index contributed by atoms with van der Waals surface area (Å²) in [6.07, 6.45) is 2.60. The maximum Gasteiger partial charge on any atom is 0.335 e. The van der Waals surface area contributed by atoms with E-state index in [1.54, 1.807) is 54.7 Å². The molecule has 204 valence electrons. The fraction of sp³-hybridized carbons (Fsp3) is 0.219. The van der Waals surface area contributed by atoms with E-state index in [1.165, 1.54) is 5.57 Å². The van der Waals surface area contributed by atoms with Gasteiger partial charge >= 0.3 is 11.9 Å². The van der Waals surface area contributed by atoms with E-state index in [0.29, 0.717) is 12.3 Å². The molecule has 3 N–H and O–H groups in total. The number of carboxylic acids is 2. The van der Waals surface area contributed by atoms with Crippen molar-refractivity contribution < 1.29 is 29.6 Å². The number of aliphatic hydroxyl groups is 1. The average Bonchev–Trinajstić information content (AvgIpc) is 2.97. The highest BCUT2D eigenvalue weighted by molar-refractivity contribution is 5.91. The molecule has 0 bridgehead atoms. The van der Waals surface area contributed by atoms with E-state index in [2.05, 4.69) is 9.88 Å². The van der Waals surface area contributed by atoms with E-state index in [-0.39, 0.29) is 17.7 Å². The lowest BCUT2D eigenvalue weighted by molar-refractivity contribution is 0.0661. The Bertz CT molecular complexity index is 1470. The first-order valence-electron chi connectivity index (χ1n) is 13.2. The Morgan fingerprint density at radius 2 is 1.38 bits per heavy atom. The number of aromatic nitrogens is 1. The lowest BCUT2D eigenvalue weighted by Gasteiger charge is -2.31. The molecular weight excluding hydrogens is 508 g/mol. The number of β-amino-alcohol motifs (C(OH)–C–C–N with tert-alkyl or cyclic N) is 1. The lowest BCUT2D eigenvalue weighted by atomic mass is 9.87. The molecule has 2 heterocycles. The van der Waals surface area contributed by atoms with E-state index in [9.17, 15) is 24.9 Å². The van der Waals surface area contributed by atoms with Crippen LogP contribution in [-0.2, 0) is 0 Å². The summed E-state index contributed by atoms with van der Waals surface area (Å²) < 4.78 is 5.94. The number of fused-ring (bicyclic) bond motifs is 1. The SMILES string of the molecule is O=C(O)c1ccc(C(=C2CCN(CC(O)COc3cccc4ncccc34)CC2)c2ccc(C(=O)O)cc2)cc1. The molecule has 1 atom stereocenters. The van der Waals surface area contributed by atoms with Crippen LogP contribution < -0.4 is 4.74 Å². The first-order chi connectivity index (χ1) is 19.4. The standard InChI is InChI=1S/C32H30N2O6/c35-26(20-40-29-5-1-4-28-27(29)3-2-16-33-28)19-34-17-14-23(15-18-34)30(21-6-10-24(11-7-21)31(36)37)22-8-12-25(13-9-22)32(38)39/h1-13,16,26,35H,14-15,17-20H2,(H,36,37)(H,38,39). The van der Waals surface area contributed by atoms with Gasteiger partial charge in [0, 0.05) is 31.2 Å². The van der Waals surface area contributed by atoms with Gasteiger partial charge in [0.15, 0.2) is 0 Å². The van der Waals surface area contributed by atoms with E-state index < -0.39 is 18.0 Å². The highest BCUT2D eigenvalue weighted by Gasteiger charge is 2.22. The summed E-state index contributed by atoms with van der Waals surface area (Å²) in [4.78, 5) is 29.3. The van der Waals surface area contributed by atoms with E-state index >= 15 is 0 Å². The number of carbonyl (C=O) groups is 2. The number of likely N-dealkylation sites (tertiary alicyclic amines) is 1. The van der Waals surface area contributed by atoms with Crippen molar-refractivity contribution in [1.82, 2.24) is 9.88 Å². The number of pyridine rings is 1. The van der Waals surface area contributed by atoms with Crippen LogP contribution in [0.2, 0.25) is 0 Å². The third-order valence-electron chi connectivity index (χ3n) is 7.16. The smallest absolute Gasteiger partial charge is 0.335 e. The summed E-state index contributed by atoms with van der Waals surface area (Å²) in [6, 6.07) is 23.0. The highest BCUT2D eigenvalue weighted by atomic mass is 16.5. The van der Waals surface area contributed by atoms with Gasteiger partial charge in [0.1, 0.15) is 18.5 Å². The van der Waals surface area contributed by atoms with Crippen molar-refractivity contribution in [1.29, 1.82) is 0 Å². The summed E-state index contributed by atoms with van der Waals surface area (Å²) >= 11 is 0. The van der Waals surface area contributed by atoms with Crippen molar-refractivity contribution in [3.8, 4) is 5.75 Å². The van der Waals surface area contributed by atoms with E-state index in [1.807, 2.05) is 30.3 Å². The molecule has 8 nitrogen and oxygen atoms in total. The van der Waals surface area contributed by atoms with Crippen LogP contribution in [0.1, 0.15) is 44.7 Å². The zero-order valence-corrected chi connectivity index (χ0v) is 21.9. The first-order valence-corrected chi connectivity index (χ1v) is 13.2. The largest absolute Gasteiger partial charge is 0.490 e. The fourth-order valence-corrected chi connectivity index (χ4v) is 5.13. The molecule has 1 saturated heterocycles. The van der Waals surface area contributed by atoms with Crippen LogP contribution in [0, 0.1) is 0 Å². The normalized spacial score (nSPS) is 14.6. The number of carboxylic acid groups (broad SMARTS) is 2. The zero-order valence-electron chi connectivity index (χ0n) is 21.9. The van der Waals surface area contributed by atoms with Gasteiger partial charge in [-0.3, -0.25) is 9.88 Å². The molecule has 1 aromatic heterocycles. The van der Waals surface area contributed by atoms with Crippen LogP contribution in [-0.4, -0.2) is 69.5 Å². The van der Waals surface area contributed by atoms with Crippen molar-refractivity contribution in [2.45, 2.75) is 18.9 Å². The number of benzene rings is 3. The Hall–Kier alpha value is -4.53. The minimum absolute atomic E-state index is 0.171. The number of piperidine rings is 1. The molecule has 0 aliphatic carbocycles. The maximum atomic E-state index is 11.4. The van der Waals surface area contributed by atoms with Gasteiger partial charge in [0.25, 0.3) is 0 Å². The number of hydrogen-bond acceptors (Lipinski definition) is 6. The maximum absolute atomic E-state index is 11.4. The molecule has 8 heteroatoms. The van der Waals surface area contributed by atoms with Gasteiger partial charge in [0.05, 0.1) is 16.6 Å². The Morgan fingerprint density at radius 3 is 1.95 bits per heavy atom. The molecule has 1 unspecified atom stereocenters. The van der Waals surface area contributed by atoms with Crippen LogP contribution in [0.15, 0.2) is 90.6 Å². The number of rotatable bonds is 9. The molecule has 1 aliphatic heterocycles. The van der Waals surface area contributed by atoms with Crippen molar-refractivity contribution in [3.63, 3.8) is 0 Å². The van der Waals surface area contributed by atoms with Gasteiger partial charge < -0.3 is 20.1 Å². The van der Waals surface area contributed by atoms with Gasteiger partial charge in [-0.25, -0.2) is 9.59 Å². The summed E-state index contributed by atoms with van der Waals surface area (Å²) in [6.45, 7) is 2.14. The first kappa shape index (κ1) is 27.1. The molecule has 0 amide bonds. The molecule has 4 aromatic rings. The second kappa shape index (κ2) is 12.1. The minimum Gasteiger partial charge on any atom is -0.490 e. The van der Waals surface area contributed by atoms with Gasteiger partial charge in [0.2, 0.25) is 0 Å². The third-order valence-corrected chi connectivity index (χ3v) is 7.16. The van der Waals surface area contributed by atoms with Crippen LogP contribution in [0.4, 0.5) is 0 Å². The summed E-state index contributed by atoms with van der Waals surface area (Å²) in [5.41, 5.74) is 5.22. The van der Waals surface area contributed by atoms with Gasteiger partial charge in [-0.1, -0.05) is 35.9 Å². The molecule has 3 aromatic carbocycles. The fourth-order valence-electron chi connectivity index (χ4n) is 5.13. The highest BCUT2D eigenvalue weighted by Crippen LogP contribution is 2.33. The molecular formula is C32H30N2O6. The van der Waals surface area contributed by atoms with Crippen LogP contribution in [0.5, 0.6) is 5.75 Å². The monoisotopic (exact) mass is 538 g/mol. The number of aromatic carboxylic acids is 2. The Labute approximate surface area is 231 Å². The molecule has 1 fully saturated rings. The Morgan fingerprint density at radius 1 is 0.800 bits per heavy atom. The Balaban J connectivity index is 1.28. The molecule has 0 saturated carbocycles. The predicted molar refractivity (Wildman–Crippen MR) is 152 cm³/mol. The number of nitrogens with zero attached hydrogens (tertiary/aromatic N) is 2. The topological polar surface area (TPSA) is 120 Å². The summed E-state index contributed by atoms with van der Waals surface area (Å²) in [5, 5.41) is 30.2. The zero-order chi connectivity index (χ0) is 28.1. The molecule has 40 heavy (non-hydrogen) atoms. The number of aliphatic hydroxyl groups excluding tert-OH is 1. The van der Waals surface area contributed by atoms with E-state index in [0.717, 1.165) is 53.5 Å². The second-order valence-electron chi connectivity index (χ2n) is 9.84. The summed E-state index contributed by atoms with van der Waals surface area (Å²) in [7, 11) is 0. The van der Waals surface area contributed by atoms with Crippen molar-refractivity contribution in [2.24, 2.45) is 0 Å². The molecule has 0 radical (unpaired) electrons. The number of hydrogen-bond donors (Lipinski definition) is 3. The molecule has 1 aliphatic rings. The van der Waals surface area contributed by atoms with Crippen LogP contribution in [0.3, 0.4) is 0 Å². The van der Waals surface area contributed by atoms with Crippen molar-refractivity contribution in [3.05, 3.63) is 113 Å². The molecule has 5 rings (SSSR count). The molecule has 0 spiro atoms. The van der Waals surface area contributed by atoms with Gasteiger partial charge in [-0.15, -0.1) is 0 Å². The lowest BCUT2D eigenvalue weighted by Crippen LogP contribution is -2.39. The second-order valence-corrected chi connectivity index (χ2v) is 9.84. The van der Waals surface area contributed by atoms with Crippen LogP contribution >= 0.6 is 0 Å². The third kappa shape index (κ3) is 6.20. The number of ether oxygens (including phenoxy) is 1. The van der Waals surface area contributed by atoms with Crippen molar-refractivity contribution in [2.75, 3.05) is 26.2 Å². The van der Waals surface area contributed by atoms with Gasteiger partial charge in [-0.2, -0.15) is 0 Å². The van der Waals surface area contributed by atoms with Crippen LogP contribution in [0.25, 0.3) is 16.5 Å².